The lowest BCUT2D eigenvalue weighted by atomic mass is 10.1. The van der Waals surface area contributed by atoms with Crippen LogP contribution in [0, 0.1) is 5.92 Å². The zero-order chi connectivity index (χ0) is 19.5. The molecule has 1 heterocycles. The smallest absolute Gasteiger partial charge is 0.417 e. The normalized spacial score (nSPS) is 15.4. The third-order valence-corrected chi connectivity index (χ3v) is 4.29. The Morgan fingerprint density at radius 2 is 2.12 bits per heavy atom. The van der Waals surface area contributed by atoms with Gasteiger partial charge in [-0.05, 0) is 18.9 Å². The summed E-state index contributed by atoms with van der Waals surface area (Å²) in [6.45, 7) is 1.80. The lowest BCUT2D eigenvalue weighted by molar-refractivity contribution is -0.143. The maximum absolute atomic E-state index is 12.6. The summed E-state index contributed by atoms with van der Waals surface area (Å²) in [6, 6.07) is 0.834. The van der Waals surface area contributed by atoms with Crippen LogP contribution < -0.4 is 5.32 Å². The highest BCUT2D eigenvalue weighted by atomic mass is 35.5. The van der Waals surface area contributed by atoms with Gasteiger partial charge in [-0.1, -0.05) is 18.5 Å². The van der Waals surface area contributed by atoms with Gasteiger partial charge in [-0.25, -0.2) is 4.98 Å². The Morgan fingerprint density at radius 3 is 2.62 bits per heavy atom. The van der Waals surface area contributed by atoms with Crippen LogP contribution in [-0.2, 0) is 15.8 Å². The van der Waals surface area contributed by atoms with E-state index in [9.17, 15) is 22.8 Å². The Hall–Kier alpha value is -2.03. The first-order chi connectivity index (χ1) is 12.1. The topological polar surface area (TPSA) is 82.5 Å². The van der Waals surface area contributed by atoms with Crippen molar-refractivity contribution in [2.45, 2.75) is 38.4 Å². The van der Waals surface area contributed by atoms with E-state index < -0.39 is 23.6 Å². The van der Waals surface area contributed by atoms with E-state index in [1.807, 2.05) is 0 Å². The summed E-state index contributed by atoms with van der Waals surface area (Å²) >= 11 is 5.79. The SMILES string of the molecule is CC(CN(C(=O)CCNc1ncc(C(F)(F)F)cc1Cl)C1CC1)C(=O)O. The highest BCUT2D eigenvalue weighted by molar-refractivity contribution is 6.32. The fourth-order valence-corrected chi connectivity index (χ4v) is 2.60. The van der Waals surface area contributed by atoms with Crippen molar-refractivity contribution in [1.29, 1.82) is 0 Å². The molecule has 1 fully saturated rings. The number of hydrogen-bond acceptors (Lipinski definition) is 4. The minimum Gasteiger partial charge on any atom is -0.481 e. The molecule has 0 spiro atoms. The first kappa shape index (κ1) is 20.3. The Balaban J connectivity index is 1.90. The van der Waals surface area contributed by atoms with Crippen molar-refractivity contribution in [3.05, 3.63) is 22.8 Å². The monoisotopic (exact) mass is 393 g/mol. The van der Waals surface area contributed by atoms with Crippen LogP contribution in [0.15, 0.2) is 12.3 Å². The van der Waals surface area contributed by atoms with Crippen LogP contribution in [0.25, 0.3) is 0 Å². The van der Waals surface area contributed by atoms with Crippen LogP contribution in [0.2, 0.25) is 5.02 Å². The van der Waals surface area contributed by atoms with Gasteiger partial charge in [0.15, 0.2) is 0 Å². The molecule has 0 radical (unpaired) electrons. The number of anilines is 1. The predicted octanol–water partition coefficient (Wildman–Crippen LogP) is 3.27. The molecule has 1 saturated carbocycles. The molecule has 0 bridgehead atoms. The van der Waals surface area contributed by atoms with Gasteiger partial charge < -0.3 is 15.3 Å². The summed E-state index contributed by atoms with van der Waals surface area (Å²) in [5.74, 6) is -1.79. The molecule has 144 valence electrons. The van der Waals surface area contributed by atoms with Gasteiger partial charge in [0.2, 0.25) is 5.91 Å². The number of nitrogens with zero attached hydrogens (tertiary/aromatic N) is 2. The van der Waals surface area contributed by atoms with Crippen LogP contribution in [0.5, 0.6) is 0 Å². The number of halogens is 4. The summed E-state index contributed by atoms with van der Waals surface area (Å²) in [4.78, 5) is 28.5. The summed E-state index contributed by atoms with van der Waals surface area (Å²) in [5, 5.41) is 11.5. The number of carboxylic acid groups (broad SMARTS) is 1. The van der Waals surface area contributed by atoms with Crippen LogP contribution in [-0.4, -0.2) is 46.0 Å². The van der Waals surface area contributed by atoms with Gasteiger partial charge in [-0.3, -0.25) is 9.59 Å². The van der Waals surface area contributed by atoms with E-state index in [0.29, 0.717) is 6.20 Å². The second-order valence-electron chi connectivity index (χ2n) is 6.25. The average Bonchev–Trinajstić information content (AvgIpc) is 3.37. The number of nitrogens with one attached hydrogen (secondary N) is 1. The van der Waals surface area contributed by atoms with Gasteiger partial charge in [-0.2, -0.15) is 13.2 Å². The second kappa shape index (κ2) is 8.11. The van der Waals surface area contributed by atoms with Crippen molar-refractivity contribution < 1.29 is 27.9 Å². The quantitative estimate of drug-likeness (QED) is 0.708. The van der Waals surface area contributed by atoms with E-state index in [4.69, 9.17) is 16.7 Å². The van der Waals surface area contributed by atoms with E-state index in [2.05, 4.69) is 10.3 Å². The maximum Gasteiger partial charge on any atom is 0.417 e. The average molecular weight is 394 g/mol. The molecule has 1 aromatic heterocycles. The lowest BCUT2D eigenvalue weighted by Gasteiger charge is -2.24. The van der Waals surface area contributed by atoms with Crippen LogP contribution in [0.4, 0.5) is 19.0 Å². The molecular weight excluding hydrogens is 375 g/mol. The summed E-state index contributed by atoms with van der Waals surface area (Å²) in [6.07, 6.45) is -2.12. The Morgan fingerprint density at radius 1 is 1.46 bits per heavy atom. The van der Waals surface area contributed by atoms with Crippen molar-refractivity contribution in [2.24, 2.45) is 5.92 Å². The summed E-state index contributed by atoms with van der Waals surface area (Å²) in [7, 11) is 0. The number of carbonyl (C=O) groups excluding carboxylic acids is 1. The van der Waals surface area contributed by atoms with Gasteiger partial charge in [-0.15, -0.1) is 0 Å². The predicted molar refractivity (Wildman–Crippen MR) is 88.9 cm³/mol. The zero-order valence-corrected chi connectivity index (χ0v) is 14.8. The van der Waals surface area contributed by atoms with Gasteiger partial charge in [0.05, 0.1) is 16.5 Å². The van der Waals surface area contributed by atoms with Gasteiger partial charge in [0.25, 0.3) is 0 Å². The molecule has 10 heteroatoms. The molecule has 1 aromatic rings. The third-order valence-electron chi connectivity index (χ3n) is 4.00. The van der Waals surface area contributed by atoms with E-state index in [-0.39, 0.29) is 42.3 Å². The molecule has 1 aliphatic rings. The van der Waals surface area contributed by atoms with E-state index in [0.717, 1.165) is 18.9 Å². The molecule has 1 aliphatic carbocycles. The number of rotatable bonds is 8. The van der Waals surface area contributed by atoms with Crippen molar-refractivity contribution >= 4 is 29.3 Å². The highest BCUT2D eigenvalue weighted by Gasteiger charge is 2.34. The second-order valence-corrected chi connectivity index (χ2v) is 6.65. The number of aromatic nitrogens is 1. The van der Waals surface area contributed by atoms with Crippen molar-refractivity contribution in [3.8, 4) is 0 Å². The lowest BCUT2D eigenvalue weighted by Crippen LogP contribution is -2.39. The number of aliphatic carboxylic acids is 1. The van der Waals surface area contributed by atoms with Crippen LogP contribution in [0.3, 0.4) is 0 Å². The van der Waals surface area contributed by atoms with Crippen LogP contribution >= 0.6 is 11.6 Å². The molecular formula is C16H19ClF3N3O3. The minimum absolute atomic E-state index is 0.0574. The van der Waals surface area contributed by atoms with E-state index >= 15 is 0 Å². The van der Waals surface area contributed by atoms with Crippen molar-refractivity contribution in [3.63, 3.8) is 0 Å². The number of amides is 1. The molecule has 1 atom stereocenters. The molecule has 1 unspecified atom stereocenters. The number of carboxylic acids is 1. The molecule has 2 rings (SSSR count). The Bertz CT molecular complexity index is 680. The standard InChI is InChI=1S/C16H19ClF3N3O3/c1-9(15(25)26)8-23(11-2-3-11)13(24)4-5-21-14-12(17)6-10(7-22-14)16(18,19)20/h6-7,9,11H,2-5,8H2,1H3,(H,21,22)(H,25,26). The first-order valence-electron chi connectivity index (χ1n) is 8.08. The van der Waals surface area contributed by atoms with Crippen LogP contribution in [0.1, 0.15) is 31.7 Å². The Labute approximate surface area is 153 Å². The van der Waals surface area contributed by atoms with Crippen molar-refractivity contribution in [2.75, 3.05) is 18.4 Å². The number of hydrogen-bond donors (Lipinski definition) is 2. The fourth-order valence-electron chi connectivity index (χ4n) is 2.37. The molecule has 0 aliphatic heterocycles. The molecule has 0 aromatic carbocycles. The van der Waals surface area contributed by atoms with Gasteiger partial charge in [0.1, 0.15) is 5.82 Å². The molecule has 0 saturated heterocycles. The fraction of sp³-hybridized carbons (Fsp3) is 0.562. The summed E-state index contributed by atoms with van der Waals surface area (Å²) < 4.78 is 37.7. The maximum atomic E-state index is 12.6. The molecule has 6 nitrogen and oxygen atoms in total. The minimum atomic E-state index is -4.53. The number of carbonyl (C=O) groups is 2. The van der Waals surface area contributed by atoms with E-state index in [1.165, 1.54) is 6.92 Å². The molecule has 26 heavy (non-hydrogen) atoms. The van der Waals surface area contributed by atoms with E-state index in [1.54, 1.807) is 4.90 Å². The number of alkyl halides is 3. The van der Waals surface area contributed by atoms with Gasteiger partial charge in [0, 0.05) is 31.7 Å². The third kappa shape index (κ3) is 5.48. The highest BCUT2D eigenvalue weighted by Crippen LogP contribution is 2.32. The molecule has 2 N–H and O–H groups in total. The largest absolute Gasteiger partial charge is 0.481 e. The molecule has 1 amide bonds. The van der Waals surface area contributed by atoms with Gasteiger partial charge >= 0.3 is 12.1 Å². The zero-order valence-electron chi connectivity index (χ0n) is 14.0. The number of pyridine rings is 1. The summed E-state index contributed by atoms with van der Waals surface area (Å²) in [5.41, 5.74) is -0.952. The Kier molecular flexibility index (Phi) is 6.33. The first-order valence-corrected chi connectivity index (χ1v) is 8.46. The van der Waals surface area contributed by atoms with Crippen molar-refractivity contribution in [1.82, 2.24) is 9.88 Å².